The molecule has 10 heteroatoms. The molecule has 2 N–H and O–H groups in total. The molecule has 0 aliphatic rings. The van der Waals surface area contributed by atoms with Gasteiger partial charge in [0.2, 0.25) is 11.8 Å². The Morgan fingerprint density at radius 1 is 1.27 bits per heavy atom. The monoisotopic (exact) mass is 447 g/mol. The maximum absolute atomic E-state index is 14.3. The molecule has 0 saturated heterocycles. The number of fused-ring (bicyclic) bond motifs is 1. The highest BCUT2D eigenvalue weighted by Gasteiger charge is 2.20. The third kappa shape index (κ3) is 4.49. The van der Waals surface area contributed by atoms with Gasteiger partial charge in [0.15, 0.2) is 11.5 Å². The molecule has 9 nitrogen and oxygen atoms in total. The summed E-state index contributed by atoms with van der Waals surface area (Å²) in [5, 5.41) is 5.08. The summed E-state index contributed by atoms with van der Waals surface area (Å²) in [6.45, 7) is 4.69. The fourth-order valence-corrected chi connectivity index (χ4v) is 3.51. The van der Waals surface area contributed by atoms with Crippen LogP contribution in [0.3, 0.4) is 0 Å². The molecule has 4 aromatic rings. The van der Waals surface area contributed by atoms with Crippen molar-refractivity contribution in [3.63, 3.8) is 0 Å². The van der Waals surface area contributed by atoms with Gasteiger partial charge in [0.05, 0.1) is 19.0 Å². The molecule has 0 bridgehead atoms. The number of carbonyl (C=O) groups is 1. The topological polar surface area (TPSA) is 112 Å². The lowest BCUT2D eigenvalue weighted by Crippen LogP contribution is -2.32. The fraction of sp³-hybridized carbons (Fsp3) is 0.174. The Hall–Kier alpha value is -4.34. The van der Waals surface area contributed by atoms with Gasteiger partial charge in [-0.05, 0) is 17.7 Å². The van der Waals surface area contributed by atoms with Crippen molar-refractivity contribution >= 4 is 22.8 Å². The second-order valence-electron chi connectivity index (χ2n) is 7.19. The van der Waals surface area contributed by atoms with Gasteiger partial charge in [-0.3, -0.25) is 4.79 Å². The summed E-state index contributed by atoms with van der Waals surface area (Å²) in [6.07, 6.45) is 4.06. The minimum Gasteiger partial charge on any atom is -0.479 e. The number of amides is 1. The van der Waals surface area contributed by atoms with Crippen molar-refractivity contribution in [1.29, 1.82) is 0 Å². The van der Waals surface area contributed by atoms with Gasteiger partial charge in [-0.1, -0.05) is 36.9 Å². The molecule has 0 atom stereocenters. The molecular formula is C23H22FN7O2. The second kappa shape index (κ2) is 9.43. The number of pyridine rings is 1. The van der Waals surface area contributed by atoms with Gasteiger partial charge in [-0.15, -0.1) is 0 Å². The zero-order valence-electron chi connectivity index (χ0n) is 18.0. The Bertz CT molecular complexity index is 1310. The molecule has 0 fully saturated rings. The average Bonchev–Trinajstić information content (AvgIpc) is 3.21. The minimum absolute atomic E-state index is 0.119. The third-order valence-electron chi connectivity index (χ3n) is 5.12. The van der Waals surface area contributed by atoms with E-state index in [-0.39, 0.29) is 17.6 Å². The molecule has 0 aliphatic carbocycles. The number of ether oxygens (including phenoxy) is 1. The lowest BCUT2D eigenvalue weighted by Gasteiger charge is -2.21. The zero-order chi connectivity index (χ0) is 23.4. The quantitative estimate of drug-likeness (QED) is 0.413. The Labute approximate surface area is 189 Å². The Morgan fingerprint density at radius 2 is 2.06 bits per heavy atom. The van der Waals surface area contributed by atoms with Crippen LogP contribution in [0.4, 0.5) is 10.2 Å². The normalized spacial score (nSPS) is 10.8. The smallest absolute Gasteiger partial charge is 0.250 e. The van der Waals surface area contributed by atoms with Gasteiger partial charge >= 0.3 is 0 Å². The number of nitrogens with zero attached hydrogens (tertiary/aromatic N) is 6. The van der Waals surface area contributed by atoms with Gasteiger partial charge in [-0.25, -0.2) is 24.0 Å². The predicted molar refractivity (Wildman–Crippen MR) is 122 cm³/mol. The molecule has 33 heavy (non-hydrogen) atoms. The zero-order valence-corrected chi connectivity index (χ0v) is 18.0. The number of aromatic nitrogens is 5. The number of anilines is 1. The fourth-order valence-electron chi connectivity index (χ4n) is 3.51. The Balaban J connectivity index is 1.68. The van der Waals surface area contributed by atoms with Crippen molar-refractivity contribution < 1.29 is 13.9 Å². The SMILES string of the molecule is C=CC(=O)N(CCn1nc(-c2cnc(OC)c(F)c2)c2c(N)ncnc21)Cc1ccccc1. The largest absolute Gasteiger partial charge is 0.479 e. The molecule has 1 amide bonds. The van der Waals surface area contributed by atoms with E-state index in [1.807, 2.05) is 30.3 Å². The van der Waals surface area contributed by atoms with Gasteiger partial charge in [0.25, 0.3) is 0 Å². The van der Waals surface area contributed by atoms with E-state index in [1.165, 1.54) is 31.8 Å². The van der Waals surface area contributed by atoms with Crippen LogP contribution < -0.4 is 10.5 Å². The van der Waals surface area contributed by atoms with Crippen LogP contribution in [-0.4, -0.2) is 49.2 Å². The van der Waals surface area contributed by atoms with E-state index in [0.29, 0.717) is 41.9 Å². The van der Waals surface area contributed by atoms with Gasteiger partial charge in [0.1, 0.15) is 17.8 Å². The number of carbonyl (C=O) groups excluding carboxylic acids is 1. The second-order valence-corrected chi connectivity index (χ2v) is 7.19. The molecule has 0 saturated carbocycles. The van der Waals surface area contributed by atoms with Crippen molar-refractivity contribution in [3.8, 4) is 17.1 Å². The highest BCUT2D eigenvalue weighted by molar-refractivity contribution is 5.98. The first-order chi connectivity index (χ1) is 16.0. The van der Waals surface area contributed by atoms with E-state index in [2.05, 4.69) is 26.6 Å². The van der Waals surface area contributed by atoms with Crippen LogP contribution in [0.5, 0.6) is 5.88 Å². The molecule has 0 radical (unpaired) electrons. The molecule has 3 aromatic heterocycles. The van der Waals surface area contributed by atoms with Crippen LogP contribution in [0.25, 0.3) is 22.3 Å². The number of methoxy groups -OCH3 is 1. The number of nitrogens with two attached hydrogens (primary N) is 1. The molecule has 3 heterocycles. The minimum atomic E-state index is -0.626. The molecule has 0 spiro atoms. The van der Waals surface area contributed by atoms with Crippen molar-refractivity contribution in [1.82, 2.24) is 29.6 Å². The highest BCUT2D eigenvalue weighted by atomic mass is 19.1. The Kier molecular flexibility index (Phi) is 6.25. The third-order valence-corrected chi connectivity index (χ3v) is 5.12. The van der Waals surface area contributed by atoms with Crippen LogP contribution in [0, 0.1) is 5.82 Å². The van der Waals surface area contributed by atoms with Crippen LogP contribution in [0.1, 0.15) is 5.56 Å². The molecule has 168 valence electrons. The van der Waals surface area contributed by atoms with Crippen LogP contribution >= 0.6 is 0 Å². The maximum atomic E-state index is 14.3. The van der Waals surface area contributed by atoms with Crippen LogP contribution in [-0.2, 0) is 17.9 Å². The number of rotatable bonds is 8. The van der Waals surface area contributed by atoms with E-state index in [1.54, 1.807) is 9.58 Å². The maximum Gasteiger partial charge on any atom is 0.250 e. The summed E-state index contributed by atoms with van der Waals surface area (Å²) >= 11 is 0. The summed E-state index contributed by atoms with van der Waals surface area (Å²) in [5.41, 5.74) is 8.37. The van der Waals surface area contributed by atoms with Gasteiger partial charge < -0.3 is 15.4 Å². The van der Waals surface area contributed by atoms with E-state index < -0.39 is 5.82 Å². The number of nitrogen functional groups attached to an aromatic ring is 1. The first-order valence-corrected chi connectivity index (χ1v) is 10.1. The van der Waals surface area contributed by atoms with E-state index in [0.717, 1.165) is 5.56 Å². The van der Waals surface area contributed by atoms with Crippen molar-refractivity contribution in [2.75, 3.05) is 19.4 Å². The molecule has 4 rings (SSSR count). The molecule has 0 aliphatic heterocycles. The lowest BCUT2D eigenvalue weighted by atomic mass is 10.1. The predicted octanol–water partition coefficient (Wildman–Crippen LogP) is 2.83. The number of hydrogen-bond acceptors (Lipinski definition) is 7. The summed E-state index contributed by atoms with van der Waals surface area (Å²) in [4.78, 5) is 26.5. The number of halogens is 1. The van der Waals surface area contributed by atoms with Crippen molar-refractivity contribution in [3.05, 3.63) is 73.0 Å². The summed E-state index contributed by atoms with van der Waals surface area (Å²) < 4.78 is 20.8. The van der Waals surface area contributed by atoms with Crippen LogP contribution in [0.2, 0.25) is 0 Å². The van der Waals surface area contributed by atoms with Gasteiger partial charge in [-0.2, -0.15) is 5.10 Å². The first kappa shape index (κ1) is 21.9. The van der Waals surface area contributed by atoms with Crippen molar-refractivity contribution in [2.45, 2.75) is 13.1 Å². The molecular weight excluding hydrogens is 425 g/mol. The highest BCUT2D eigenvalue weighted by Crippen LogP contribution is 2.31. The Morgan fingerprint density at radius 3 is 2.76 bits per heavy atom. The average molecular weight is 447 g/mol. The standard InChI is InChI=1S/C23H22FN7O2/c1-3-18(32)30(13-15-7-5-4-6-8-15)9-10-31-22-19(21(25)27-14-28-22)20(29-31)16-11-17(24)23(33-2)26-12-16/h3-8,11-12,14H,1,9-10,13H2,2H3,(H2,25,27,28). The van der Waals surface area contributed by atoms with Crippen molar-refractivity contribution in [2.24, 2.45) is 0 Å². The van der Waals surface area contributed by atoms with Gasteiger partial charge in [0, 0.05) is 24.8 Å². The van der Waals surface area contributed by atoms with E-state index in [4.69, 9.17) is 10.5 Å². The molecule has 1 aromatic carbocycles. The summed E-state index contributed by atoms with van der Waals surface area (Å²) in [6, 6.07) is 10.9. The molecule has 0 unspecified atom stereocenters. The van der Waals surface area contributed by atoms with E-state index in [9.17, 15) is 9.18 Å². The van der Waals surface area contributed by atoms with Crippen LogP contribution in [0.15, 0.2) is 61.6 Å². The summed E-state index contributed by atoms with van der Waals surface area (Å²) in [7, 11) is 1.34. The van der Waals surface area contributed by atoms with E-state index >= 15 is 0 Å². The number of hydrogen-bond donors (Lipinski definition) is 1. The lowest BCUT2D eigenvalue weighted by molar-refractivity contribution is -0.126. The summed E-state index contributed by atoms with van der Waals surface area (Å²) in [5.74, 6) is -0.739. The number of benzene rings is 1. The first-order valence-electron chi connectivity index (χ1n) is 10.1.